The first-order valence-electron chi connectivity index (χ1n) is 6.32. The van der Waals surface area contributed by atoms with Gasteiger partial charge in [-0.1, -0.05) is 5.16 Å². The molecule has 108 valence electrons. The maximum Gasteiger partial charge on any atom is 0.246 e. The summed E-state index contributed by atoms with van der Waals surface area (Å²) in [6.07, 6.45) is 0.866. The Labute approximate surface area is 121 Å². The molecule has 0 saturated heterocycles. The molecule has 20 heavy (non-hydrogen) atoms. The van der Waals surface area contributed by atoms with Crippen LogP contribution < -0.4 is 10.6 Å². The molecule has 0 fully saturated rings. The molecule has 0 aliphatic carbocycles. The molecule has 2 rings (SSSR count). The first kappa shape index (κ1) is 14.4. The van der Waals surface area contributed by atoms with E-state index in [0.717, 1.165) is 23.7 Å². The Bertz CT molecular complexity index is 576. The average Bonchev–Trinajstić information content (AvgIpc) is 3.02. The lowest BCUT2D eigenvalue weighted by atomic mass is 10.3. The molecule has 0 atom stereocenters. The maximum atomic E-state index is 5.02. The van der Waals surface area contributed by atoms with E-state index in [1.165, 1.54) is 0 Å². The lowest BCUT2D eigenvalue weighted by Gasteiger charge is -2.09. The Kier molecular flexibility index (Phi) is 5.05. The summed E-state index contributed by atoms with van der Waals surface area (Å²) in [5.41, 5.74) is 1.10. The summed E-state index contributed by atoms with van der Waals surface area (Å²) in [6, 6.07) is 0. The predicted octanol–water partition coefficient (Wildman–Crippen LogP) is 1.05. The van der Waals surface area contributed by atoms with E-state index in [9.17, 15) is 0 Å². The highest BCUT2D eigenvalue weighted by molar-refractivity contribution is 7.09. The van der Waals surface area contributed by atoms with E-state index in [2.05, 4.69) is 36.1 Å². The molecule has 0 aliphatic heterocycles. The summed E-state index contributed by atoms with van der Waals surface area (Å²) in [5.74, 6) is 1.87. The largest absolute Gasteiger partial charge is 0.356 e. The number of aryl methyl sites for hydroxylation is 2. The number of nitrogens with zero attached hydrogens (tertiary/aromatic N) is 4. The van der Waals surface area contributed by atoms with Crippen molar-refractivity contribution in [1.29, 1.82) is 0 Å². The van der Waals surface area contributed by atoms with Crippen molar-refractivity contribution in [3.8, 4) is 0 Å². The second-order valence-corrected chi connectivity index (χ2v) is 5.26. The topological polar surface area (TPSA) is 88.2 Å². The van der Waals surface area contributed by atoms with E-state index in [1.54, 1.807) is 25.3 Å². The minimum absolute atomic E-state index is 0.455. The summed E-state index contributed by atoms with van der Waals surface area (Å²) in [4.78, 5) is 12.7. The summed E-state index contributed by atoms with van der Waals surface area (Å²) in [7, 11) is 1.72. The quantitative estimate of drug-likeness (QED) is 0.633. The summed E-state index contributed by atoms with van der Waals surface area (Å²) in [6.45, 7) is 5.02. The smallest absolute Gasteiger partial charge is 0.246 e. The number of aromatic nitrogens is 3. The van der Waals surface area contributed by atoms with Gasteiger partial charge in [-0.15, -0.1) is 11.3 Å². The minimum atomic E-state index is 0.455. The van der Waals surface area contributed by atoms with Crippen molar-refractivity contribution in [2.24, 2.45) is 4.99 Å². The van der Waals surface area contributed by atoms with Crippen LogP contribution in [-0.4, -0.2) is 34.7 Å². The molecule has 8 heteroatoms. The van der Waals surface area contributed by atoms with Gasteiger partial charge in [-0.25, -0.2) is 4.98 Å². The third-order valence-corrected chi connectivity index (χ3v) is 3.36. The van der Waals surface area contributed by atoms with Gasteiger partial charge in [-0.3, -0.25) is 4.99 Å². The van der Waals surface area contributed by atoms with E-state index in [0.29, 0.717) is 24.2 Å². The van der Waals surface area contributed by atoms with Gasteiger partial charge >= 0.3 is 0 Å². The SMILES string of the molecule is CN=C(NCCc1csc(C)n1)NCc1nc(C)no1. The van der Waals surface area contributed by atoms with Gasteiger partial charge < -0.3 is 15.2 Å². The zero-order valence-electron chi connectivity index (χ0n) is 11.8. The zero-order valence-corrected chi connectivity index (χ0v) is 12.6. The second-order valence-electron chi connectivity index (χ2n) is 4.20. The predicted molar refractivity (Wildman–Crippen MR) is 77.8 cm³/mol. The van der Waals surface area contributed by atoms with Crippen LogP contribution in [0.5, 0.6) is 0 Å². The highest BCUT2D eigenvalue weighted by Gasteiger charge is 2.04. The molecule has 0 radical (unpaired) electrons. The molecule has 0 saturated carbocycles. The van der Waals surface area contributed by atoms with Crippen LogP contribution in [0.1, 0.15) is 22.4 Å². The van der Waals surface area contributed by atoms with Crippen LogP contribution in [0, 0.1) is 13.8 Å². The Hall–Kier alpha value is -1.96. The number of guanidine groups is 1. The van der Waals surface area contributed by atoms with Crippen molar-refractivity contribution in [3.05, 3.63) is 27.8 Å². The maximum absolute atomic E-state index is 5.02. The van der Waals surface area contributed by atoms with E-state index >= 15 is 0 Å². The Morgan fingerprint density at radius 1 is 1.35 bits per heavy atom. The van der Waals surface area contributed by atoms with Gasteiger partial charge in [0.05, 0.1) is 17.2 Å². The molecule has 2 aromatic rings. The van der Waals surface area contributed by atoms with Crippen molar-refractivity contribution in [2.45, 2.75) is 26.8 Å². The van der Waals surface area contributed by atoms with Gasteiger partial charge in [-0.05, 0) is 13.8 Å². The van der Waals surface area contributed by atoms with Crippen LogP contribution in [0.2, 0.25) is 0 Å². The van der Waals surface area contributed by atoms with Gasteiger partial charge in [0.25, 0.3) is 0 Å². The molecule has 0 amide bonds. The number of thiazole rings is 1. The Balaban J connectivity index is 1.72. The van der Waals surface area contributed by atoms with Crippen molar-refractivity contribution in [3.63, 3.8) is 0 Å². The molecule has 0 spiro atoms. The Morgan fingerprint density at radius 3 is 2.80 bits per heavy atom. The molecule has 0 aromatic carbocycles. The molecule has 0 bridgehead atoms. The highest BCUT2D eigenvalue weighted by Crippen LogP contribution is 2.07. The van der Waals surface area contributed by atoms with E-state index in [-0.39, 0.29) is 0 Å². The molecule has 2 N–H and O–H groups in total. The van der Waals surface area contributed by atoms with Gasteiger partial charge in [0, 0.05) is 25.4 Å². The molecular weight excluding hydrogens is 276 g/mol. The van der Waals surface area contributed by atoms with Crippen LogP contribution in [0.15, 0.2) is 14.9 Å². The number of hydrogen-bond donors (Lipinski definition) is 2. The normalized spacial score (nSPS) is 11.7. The fourth-order valence-corrected chi connectivity index (χ4v) is 2.27. The standard InChI is InChI=1S/C12H18N6OS/c1-8-16-11(19-18-8)6-15-12(13-3)14-5-4-10-7-20-9(2)17-10/h7H,4-6H2,1-3H3,(H2,13,14,15). The van der Waals surface area contributed by atoms with Gasteiger partial charge in [0.1, 0.15) is 0 Å². The number of hydrogen-bond acceptors (Lipinski definition) is 6. The van der Waals surface area contributed by atoms with Crippen LogP contribution in [0.25, 0.3) is 0 Å². The lowest BCUT2D eigenvalue weighted by molar-refractivity contribution is 0.371. The van der Waals surface area contributed by atoms with Gasteiger partial charge in [0.15, 0.2) is 11.8 Å². The minimum Gasteiger partial charge on any atom is -0.356 e. The fraction of sp³-hybridized carbons (Fsp3) is 0.500. The molecular formula is C12H18N6OS. The van der Waals surface area contributed by atoms with Crippen LogP contribution in [0.4, 0.5) is 0 Å². The third-order valence-electron chi connectivity index (χ3n) is 2.54. The molecule has 0 unspecified atom stereocenters. The number of rotatable bonds is 5. The molecule has 2 heterocycles. The van der Waals surface area contributed by atoms with Crippen LogP contribution in [-0.2, 0) is 13.0 Å². The first-order valence-corrected chi connectivity index (χ1v) is 7.20. The summed E-state index contributed by atoms with van der Waals surface area (Å²) in [5, 5.41) is 13.2. The van der Waals surface area contributed by atoms with Gasteiger partial charge in [0.2, 0.25) is 5.89 Å². The summed E-state index contributed by atoms with van der Waals surface area (Å²) < 4.78 is 5.02. The van der Waals surface area contributed by atoms with E-state index in [4.69, 9.17) is 4.52 Å². The molecule has 7 nitrogen and oxygen atoms in total. The second kappa shape index (κ2) is 6.99. The average molecular weight is 294 g/mol. The van der Waals surface area contributed by atoms with E-state index in [1.807, 2.05) is 6.92 Å². The third kappa shape index (κ3) is 4.30. The van der Waals surface area contributed by atoms with Crippen molar-refractivity contribution in [1.82, 2.24) is 25.8 Å². The highest BCUT2D eigenvalue weighted by atomic mass is 32.1. The monoisotopic (exact) mass is 294 g/mol. The Morgan fingerprint density at radius 2 is 2.20 bits per heavy atom. The van der Waals surface area contributed by atoms with Crippen LogP contribution >= 0.6 is 11.3 Å². The molecule has 2 aromatic heterocycles. The van der Waals surface area contributed by atoms with Crippen molar-refractivity contribution >= 4 is 17.3 Å². The van der Waals surface area contributed by atoms with Crippen LogP contribution in [0.3, 0.4) is 0 Å². The lowest BCUT2D eigenvalue weighted by Crippen LogP contribution is -2.37. The zero-order chi connectivity index (χ0) is 14.4. The number of nitrogens with one attached hydrogen (secondary N) is 2. The van der Waals surface area contributed by atoms with E-state index < -0.39 is 0 Å². The molecule has 0 aliphatic rings. The number of aliphatic imine (C=N–C) groups is 1. The van der Waals surface area contributed by atoms with Crippen molar-refractivity contribution < 1.29 is 4.52 Å². The fourth-order valence-electron chi connectivity index (χ4n) is 1.62. The first-order chi connectivity index (χ1) is 9.67. The summed E-state index contributed by atoms with van der Waals surface area (Å²) >= 11 is 1.67. The van der Waals surface area contributed by atoms with Gasteiger partial charge in [-0.2, -0.15) is 4.98 Å². The van der Waals surface area contributed by atoms with Crippen molar-refractivity contribution in [2.75, 3.05) is 13.6 Å².